The minimum absolute atomic E-state index is 0.0523. The van der Waals surface area contributed by atoms with Crippen molar-refractivity contribution >= 4 is 27.4 Å². The normalized spacial score (nSPS) is 17.1. The zero-order valence-corrected chi connectivity index (χ0v) is 10.7. The van der Waals surface area contributed by atoms with Crippen molar-refractivity contribution in [3.8, 4) is 0 Å². The number of anilines is 2. The third-order valence-electron chi connectivity index (χ3n) is 2.94. The first-order valence-electron chi connectivity index (χ1n) is 5.83. The standard InChI is InChI=1S/C11H17N3O2S/c1-2-16-10(15)8-3-5-14(6-4-8)9-7-13-11(12)17-9/h7-8H,2-6H2,1H3,(H2,12,13). The Bertz CT molecular complexity index is 386. The SMILES string of the molecule is CCOC(=O)C1CCN(c2cnc(N)s2)CC1. The quantitative estimate of drug-likeness (QED) is 0.829. The number of carbonyl (C=O) groups excluding carboxylic acids is 1. The van der Waals surface area contributed by atoms with Gasteiger partial charge in [0.05, 0.1) is 18.7 Å². The van der Waals surface area contributed by atoms with Gasteiger partial charge in [0.2, 0.25) is 0 Å². The third-order valence-corrected chi connectivity index (χ3v) is 3.83. The van der Waals surface area contributed by atoms with E-state index in [0.717, 1.165) is 30.9 Å². The second-order valence-electron chi connectivity index (χ2n) is 4.05. The lowest BCUT2D eigenvalue weighted by Crippen LogP contribution is -2.36. The van der Waals surface area contributed by atoms with Crippen molar-refractivity contribution in [1.82, 2.24) is 4.98 Å². The number of nitrogens with zero attached hydrogens (tertiary/aromatic N) is 2. The molecule has 0 atom stereocenters. The Morgan fingerprint density at radius 1 is 1.65 bits per heavy atom. The Labute approximate surface area is 105 Å². The van der Waals surface area contributed by atoms with Gasteiger partial charge in [-0.25, -0.2) is 4.98 Å². The molecule has 0 radical (unpaired) electrons. The molecule has 0 spiro atoms. The molecular weight excluding hydrogens is 238 g/mol. The highest BCUT2D eigenvalue weighted by Gasteiger charge is 2.26. The number of carbonyl (C=O) groups is 1. The number of ether oxygens (including phenoxy) is 1. The van der Waals surface area contributed by atoms with Crippen LogP contribution < -0.4 is 10.6 Å². The van der Waals surface area contributed by atoms with E-state index in [9.17, 15) is 4.79 Å². The fraction of sp³-hybridized carbons (Fsp3) is 0.636. The fourth-order valence-corrected chi connectivity index (χ4v) is 2.76. The third kappa shape index (κ3) is 2.88. The monoisotopic (exact) mass is 255 g/mol. The van der Waals surface area contributed by atoms with E-state index in [1.807, 2.05) is 6.92 Å². The summed E-state index contributed by atoms with van der Waals surface area (Å²) in [5.41, 5.74) is 5.61. The molecule has 1 aromatic rings. The summed E-state index contributed by atoms with van der Waals surface area (Å²) in [5.74, 6) is -0.00700. The maximum Gasteiger partial charge on any atom is 0.309 e. The van der Waals surface area contributed by atoms with Crippen LogP contribution in [-0.4, -0.2) is 30.6 Å². The molecule has 0 saturated carbocycles. The number of rotatable bonds is 3. The van der Waals surface area contributed by atoms with Crippen LogP contribution in [-0.2, 0) is 9.53 Å². The second-order valence-corrected chi connectivity index (χ2v) is 5.09. The Kier molecular flexibility index (Phi) is 3.83. The number of nitrogen functional groups attached to an aromatic ring is 1. The molecule has 0 amide bonds. The van der Waals surface area contributed by atoms with Crippen molar-refractivity contribution in [2.24, 2.45) is 5.92 Å². The molecule has 0 unspecified atom stereocenters. The van der Waals surface area contributed by atoms with Crippen LogP contribution in [0.25, 0.3) is 0 Å². The van der Waals surface area contributed by atoms with Crippen LogP contribution in [0.1, 0.15) is 19.8 Å². The van der Waals surface area contributed by atoms with Crippen LogP contribution in [0.3, 0.4) is 0 Å². The molecule has 1 fully saturated rings. The van der Waals surface area contributed by atoms with Crippen LogP contribution in [0.4, 0.5) is 10.1 Å². The molecule has 6 heteroatoms. The lowest BCUT2D eigenvalue weighted by atomic mass is 9.97. The number of thiazole rings is 1. The van der Waals surface area contributed by atoms with Crippen molar-refractivity contribution in [3.63, 3.8) is 0 Å². The average molecular weight is 255 g/mol. The molecule has 94 valence electrons. The summed E-state index contributed by atoms with van der Waals surface area (Å²) in [5, 5.41) is 1.68. The largest absolute Gasteiger partial charge is 0.466 e. The van der Waals surface area contributed by atoms with Crippen LogP contribution in [0.2, 0.25) is 0 Å². The molecule has 17 heavy (non-hydrogen) atoms. The Balaban J connectivity index is 1.88. The van der Waals surface area contributed by atoms with E-state index < -0.39 is 0 Å². The van der Waals surface area contributed by atoms with Gasteiger partial charge >= 0.3 is 5.97 Å². The van der Waals surface area contributed by atoms with Crippen LogP contribution >= 0.6 is 11.3 Å². The number of esters is 1. The van der Waals surface area contributed by atoms with Gasteiger partial charge in [-0.3, -0.25) is 4.79 Å². The fourth-order valence-electron chi connectivity index (χ4n) is 2.02. The highest BCUT2D eigenvalue weighted by molar-refractivity contribution is 7.19. The second kappa shape index (κ2) is 5.35. The maximum absolute atomic E-state index is 11.6. The van der Waals surface area contributed by atoms with E-state index in [1.165, 1.54) is 11.3 Å². The smallest absolute Gasteiger partial charge is 0.309 e. The summed E-state index contributed by atoms with van der Waals surface area (Å²) in [6.07, 6.45) is 3.48. The molecule has 0 aromatic carbocycles. The summed E-state index contributed by atoms with van der Waals surface area (Å²) in [7, 11) is 0. The van der Waals surface area contributed by atoms with Crippen LogP contribution in [0.15, 0.2) is 6.20 Å². The van der Waals surface area contributed by atoms with Gasteiger partial charge in [-0.1, -0.05) is 11.3 Å². The summed E-state index contributed by atoms with van der Waals surface area (Å²) in [6, 6.07) is 0. The Morgan fingerprint density at radius 2 is 2.35 bits per heavy atom. The number of aromatic nitrogens is 1. The predicted octanol–water partition coefficient (Wildman–Crippen LogP) is 1.50. The van der Waals surface area contributed by atoms with E-state index in [1.54, 1.807) is 6.20 Å². The van der Waals surface area contributed by atoms with Crippen molar-refractivity contribution in [2.45, 2.75) is 19.8 Å². The van der Waals surface area contributed by atoms with Crippen LogP contribution in [0, 0.1) is 5.92 Å². The first-order valence-corrected chi connectivity index (χ1v) is 6.65. The number of piperidine rings is 1. The van der Waals surface area contributed by atoms with Gasteiger partial charge in [0.25, 0.3) is 0 Å². The van der Waals surface area contributed by atoms with Crippen molar-refractivity contribution in [1.29, 1.82) is 0 Å². The van der Waals surface area contributed by atoms with Crippen molar-refractivity contribution in [2.75, 3.05) is 30.3 Å². The predicted molar refractivity (Wildman–Crippen MR) is 68.1 cm³/mol. The van der Waals surface area contributed by atoms with Gasteiger partial charge in [-0.05, 0) is 19.8 Å². The van der Waals surface area contributed by atoms with Crippen molar-refractivity contribution < 1.29 is 9.53 Å². The Morgan fingerprint density at radius 3 is 2.88 bits per heavy atom. The van der Waals surface area contributed by atoms with Crippen molar-refractivity contribution in [3.05, 3.63) is 6.20 Å². The zero-order valence-electron chi connectivity index (χ0n) is 9.89. The van der Waals surface area contributed by atoms with Crippen LogP contribution in [0.5, 0.6) is 0 Å². The van der Waals surface area contributed by atoms with Gasteiger partial charge in [-0.2, -0.15) is 0 Å². The molecule has 5 nitrogen and oxygen atoms in total. The molecule has 1 aromatic heterocycles. The molecule has 1 aliphatic rings. The topological polar surface area (TPSA) is 68.5 Å². The van der Waals surface area contributed by atoms with E-state index in [-0.39, 0.29) is 11.9 Å². The Hall–Kier alpha value is -1.30. The van der Waals surface area contributed by atoms with Gasteiger partial charge in [-0.15, -0.1) is 0 Å². The molecule has 0 aliphatic carbocycles. The van der Waals surface area contributed by atoms with Gasteiger partial charge in [0, 0.05) is 13.1 Å². The molecule has 2 N–H and O–H groups in total. The molecule has 1 saturated heterocycles. The lowest BCUT2D eigenvalue weighted by molar-refractivity contribution is -0.148. The van der Waals surface area contributed by atoms with E-state index in [2.05, 4.69) is 9.88 Å². The maximum atomic E-state index is 11.6. The highest BCUT2D eigenvalue weighted by atomic mass is 32.1. The first-order chi connectivity index (χ1) is 8.20. The molecule has 1 aliphatic heterocycles. The van der Waals surface area contributed by atoms with Gasteiger partial charge in [0.1, 0.15) is 5.00 Å². The summed E-state index contributed by atoms with van der Waals surface area (Å²) >= 11 is 1.49. The molecule has 0 bridgehead atoms. The van der Waals surface area contributed by atoms with Gasteiger partial charge in [0.15, 0.2) is 5.13 Å². The number of nitrogens with two attached hydrogens (primary N) is 1. The van der Waals surface area contributed by atoms with Gasteiger partial charge < -0.3 is 15.4 Å². The zero-order chi connectivity index (χ0) is 12.3. The first kappa shape index (κ1) is 12.2. The number of hydrogen-bond donors (Lipinski definition) is 1. The minimum Gasteiger partial charge on any atom is -0.466 e. The van der Waals surface area contributed by atoms with E-state index in [4.69, 9.17) is 10.5 Å². The molecule has 2 heterocycles. The molecule has 2 rings (SSSR count). The van der Waals surface area contributed by atoms with E-state index >= 15 is 0 Å². The summed E-state index contributed by atoms with van der Waals surface area (Å²) in [6.45, 7) is 4.04. The molecular formula is C11H17N3O2S. The number of hydrogen-bond acceptors (Lipinski definition) is 6. The summed E-state index contributed by atoms with van der Waals surface area (Å²) in [4.78, 5) is 17.8. The highest BCUT2D eigenvalue weighted by Crippen LogP contribution is 2.29. The lowest BCUT2D eigenvalue weighted by Gasteiger charge is -2.31. The summed E-state index contributed by atoms with van der Waals surface area (Å²) < 4.78 is 5.04. The average Bonchev–Trinajstić information content (AvgIpc) is 2.76. The minimum atomic E-state index is -0.0593. The van der Waals surface area contributed by atoms with E-state index in [0.29, 0.717) is 11.7 Å².